The molecule has 0 amide bonds. The summed E-state index contributed by atoms with van der Waals surface area (Å²) in [6, 6.07) is 52.1. The van der Waals surface area contributed by atoms with Gasteiger partial charge in [-0.25, -0.2) is 4.98 Å². The van der Waals surface area contributed by atoms with E-state index in [1.165, 1.54) is 54.3 Å². The number of imidazole rings is 1. The van der Waals surface area contributed by atoms with Crippen molar-refractivity contribution in [3.05, 3.63) is 152 Å². The summed E-state index contributed by atoms with van der Waals surface area (Å²) in [6.07, 6.45) is 2.18. The van der Waals surface area contributed by atoms with Gasteiger partial charge >= 0.3 is 0 Å². The van der Waals surface area contributed by atoms with Crippen molar-refractivity contribution in [2.75, 3.05) is 0 Å². The molecular weight excluding hydrogens is 543 g/mol. The number of nitrogens with zero attached hydrogens (tertiary/aromatic N) is 3. The fraction of sp³-hybridized carbons (Fsp3) is 0. The molecule has 0 saturated heterocycles. The Morgan fingerprint density at radius 2 is 1.23 bits per heavy atom. The third kappa shape index (κ3) is 3.84. The number of hydrogen-bond acceptors (Lipinski definition) is 2. The molecule has 43 heavy (non-hydrogen) atoms. The molecule has 3 aromatic heterocycles. The first kappa shape index (κ1) is 24.2. The lowest BCUT2D eigenvalue weighted by atomic mass is 10.0. The predicted molar refractivity (Wildman–Crippen MR) is 181 cm³/mol. The Bertz CT molecular complexity index is 2450. The summed E-state index contributed by atoms with van der Waals surface area (Å²) in [5, 5.41) is 2.50. The quantitative estimate of drug-likeness (QED) is 0.207. The molecule has 0 atom stereocenters. The minimum absolute atomic E-state index is 1.000. The number of rotatable bonds is 4. The molecule has 0 bridgehead atoms. The SMILES string of the molecule is c1ccc(-c2cccc(-n3c4ccccc4c4cc(-c5cccc6sc7nc(-c8ccccc8)cn7c56)ccc43)c2)cc1. The number of para-hydroxylation sites is 2. The summed E-state index contributed by atoms with van der Waals surface area (Å²) in [4.78, 5) is 6.00. The third-order valence-corrected chi connectivity index (χ3v) is 9.40. The molecule has 9 aromatic rings. The number of aromatic nitrogens is 3. The molecule has 9 rings (SSSR count). The zero-order chi connectivity index (χ0) is 28.3. The third-order valence-electron chi connectivity index (χ3n) is 8.38. The highest BCUT2D eigenvalue weighted by molar-refractivity contribution is 7.23. The van der Waals surface area contributed by atoms with Crippen LogP contribution in [0, 0.1) is 0 Å². The highest BCUT2D eigenvalue weighted by Gasteiger charge is 2.17. The normalized spacial score (nSPS) is 11.7. The molecule has 6 aromatic carbocycles. The van der Waals surface area contributed by atoms with Gasteiger partial charge in [0, 0.05) is 33.8 Å². The maximum atomic E-state index is 4.99. The maximum Gasteiger partial charge on any atom is 0.195 e. The Morgan fingerprint density at radius 3 is 2.09 bits per heavy atom. The van der Waals surface area contributed by atoms with Crippen LogP contribution in [-0.4, -0.2) is 14.0 Å². The average molecular weight is 568 g/mol. The van der Waals surface area contributed by atoms with Crippen LogP contribution in [0.1, 0.15) is 0 Å². The summed E-state index contributed by atoms with van der Waals surface area (Å²) in [7, 11) is 0. The number of thiazole rings is 1. The van der Waals surface area contributed by atoms with Crippen LogP contribution in [0.3, 0.4) is 0 Å². The van der Waals surface area contributed by atoms with Crippen LogP contribution >= 0.6 is 11.3 Å². The monoisotopic (exact) mass is 567 g/mol. The van der Waals surface area contributed by atoms with Crippen molar-refractivity contribution < 1.29 is 0 Å². The van der Waals surface area contributed by atoms with Gasteiger partial charge in [0.2, 0.25) is 0 Å². The summed E-state index contributed by atoms with van der Waals surface area (Å²) >= 11 is 1.74. The fourth-order valence-corrected chi connectivity index (χ4v) is 7.44. The van der Waals surface area contributed by atoms with E-state index in [1.807, 2.05) is 6.07 Å². The van der Waals surface area contributed by atoms with Crippen LogP contribution in [0.15, 0.2) is 152 Å². The topological polar surface area (TPSA) is 22.2 Å². The van der Waals surface area contributed by atoms with Crippen molar-refractivity contribution in [2.45, 2.75) is 0 Å². The molecule has 0 fully saturated rings. The molecule has 202 valence electrons. The number of fused-ring (bicyclic) bond motifs is 6. The molecule has 0 spiro atoms. The smallest absolute Gasteiger partial charge is 0.195 e. The number of hydrogen-bond donors (Lipinski definition) is 0. The fourth-order valence-electron chi connectivity index (χ4n) is 6.40. The van der Waals surface area contributed by atoms with Gasteiger partial charge in [-0.3, -0.25) is 4.40 Å². The largest absolute Gasteiger partial charge is 0.309 e. The Balaban J connectivity index is 1.24. The Kier molecular flexibility index (Phi) is 5.37. The lowest BCUT2D eigenvalue weighted by Gasteiger charge is -2.11. The van der Waals surface area contributed by atoms with Crippen molar-refractivity contribution in [1.29, 1.82) is 0 Å². The summed E-state index contributed by atoms with van der Waals surface area (Å²) in [6.45, 7) is 0. The van der Waals surface area contributed by atoms with E-state index < -0.39 is 0 Å². The van der Waals surface area contributed by atoms with Crippen LogP contribution in [0.25, 0.3) is 76.2 Å². The van der Waals surface area contributed by atoms with Gasteiger partial charge in [-0.2, -0.15) is 0 Å². The second-order valence-corrected chi connectivity index (χ2v) is 11.9. The summed E-state index contributed by atoms with van der Waals surface area (Å²) in [5.41, 5.74) is 11.8. The molecular formula is C39H25N3S. The minimum atomic E-state index is 1.000. The van der Waals surface area contributed by atoms with E-state index in [0.717, 1.165) is 21.9 Å². The molecule has 4 heteroatoms. The van der Waals surface area contributed by atoms with Crippen molar-refractivity contribution in [3.8, 4) is 39.2 Å². The molecule has 0 unspecified atom stereocenters. The minimum Gasteiger partial charge on any atom is -0.309 e. The highest BCUT2D eigenvalue weighted by atomic mass is 32.1. The van der Waals surface area contributed by atoms with Gasteiger partial charge < -0.3 is 4.57 Å². The first-order valence-electron chi connectivity index (χ1n) is 14.5. The molecule has 3 heterocycles. The van der Waals surface area contributed by atoms with Crippen LogP contribution in [0.5, 0.6) is 0 Å². The van der Waals surface area contributed by atoms with Crippen molar-refractivity contribution in [1.82, 2.24) is 14.0 Å². The van der Waals surface area contributed by atoms with E-state index in [4.69, 9.17) is 4.98 Å². The highest BCUT2D eigenvalue weighted by Crippen LogP contribution is 2.39. The zero-order valence-corrected chi connectivity index (χ0v) is 24.0. The van der Waals surface area contributed by atoms with E-state index in [2.05, 4.69) is 155 Å². The molecule has 0 saturated carbocycles. The zero-order valence-electron chi connectivity index (χ0n) is 23.2. The van der Waals surface area contributed by atoms with Crippen molar-refractivity contribution in [2.24, 2.45) is 0 Å². The second kappa shape index (κ2) is 9.55. The van der Waals surface area contributed by atoms with E-state index >= 15 is 0 Å². The first-order valence-corrected chi connectivity index (χ1v) is 15.3. The lowest BCUT2D eigenvalue weighted by Crippen LogP contribution is -1.94. The standard InChI is InChI=1S/C39H25N3S/c1-3-11-26(12-4-1)28-15-9-16-30(23-28)42-35-19-8-7-17-32(35)33-24-29(21-22-36(33)42)31-18-10-20-37-38(31)41-25-34(40-39(41)43-37)27-13-5-2-6-14-27/h1-25H. The van der Waals surface area contributed by atoms with E-state index in [0.29, 0.717) is 0 Å². The molecule has 0 N–H and O–H groups in total. The van der Waals surface area contributed by atoms with Crippen LogP contribution < -0.4 is 0 Å². The second-order valence-electron chi connectivity index (χ2n) is 10.9. The average Bonchev–Trinajstić information content (AvgIpc) is 3.75. The van der Waals surface area contributed by atoms with E-state index in [9.17, 15) is 0 Å². The van der Waals surface area contributed by atoms with Gasteiger partial charge in [0.15, 0.2) is 4.96 Å². The van der Waals surface area contributed by atoms with Crippen LogP contribution in [0.2, 0.25) is 0 Å². The molecule has 3 nitrogen and oxygen atoms in total. The first-order chi connectivity index (χ1) is 21.3. The van der Waals surface area contributed by atoms with Crippen LogP contribution in [-0.2, 0) is 0 Å². The molecule has 0 radical (unpaired) electrons. The van der Waals surface area contributed by atoms with Gasteiger partial charge in [0.05, 0.1) is 26.9 Å². The van der Waals surface area contributed by atoms with E-state index in [-0.39, 0.29) is 0 Å². The van der Waals surface area contributed by atoms with Gasteiger partial charge in [-0.15, -0.1) is 0 Å². The van der Waals surface area contributed by atoms with Gasteiger partial charge in [0.25, 0.3) is 0 Å². The Labute approximate surface area is 252 Å². The number of benzene rings is 6. The van der Waals surface area contributed by atoms with Gasteiger partial charge in [0.1, 0.15) is 0 Å². The predicted octanol–water partition coefficient (Wildman–Crippen LogP) is 10.6. The molecule has 0 aliphatic rings. The van der Waals surface area contributed by atoms with Crippen LogP contribution in [0.4, 0.5) is 0 Å². The summed E-state index contributed by atoms with van der Waals surface area (Å²) in [5.74, 6) is 0. The Hall–Kier alpha value is -5.45. The van der Waals surface area contributed by atoms with Crippen molar-refractivity contribution in [3.63, 3.8) is 0 Å². The Morgan fingerprint density at radius 1 is 0.512 bits per heavy atom. The lowest BCUT2D eigenvalue weighted by molar-refractivity contribution is 1.18. The molecule has 0 aliphatic carbocycles. The van der Waals surface area contributed by atoms with Gasteiger partial charge in [-0.05, 0) is 53.1 Å². The molecule has 0 aliphatic heterocycles. The summed E-state index contributed by atoms with van der Waals surface area (Å²) < 4.78 is 5.90. The maximum absolute atomic E-state index is 4.99. The van der Waals surface area contributed by atoms with Crippen molar-refractivity contribution >= 4 is 48.3 Å². The van der Waals surface area contributed by atoms with Gasteiger partial charge in [-0.1, -0.05) is 121 Å². The van der Waals surface area contributed by atoms with E-state index in [1.54, 1.807) is 11.3 Å².